The number of allylic oxidation sites excluding steroid dienone is 2. The van der Waals surface area contributed by atoms with E-state index in [0.29, 0.717) is 24.5 Å². The molecular formula is C25H37NO3. The predicted molar refractivity (Wildman–Crippen MR) is 118 cm³/mol. The van der Waals surface area contributed by atoms with Crippen molar-refractivity contribution in [3.05, 3.63) is 35.4 Å². The number of methoxy groups -OCH3 is 2. The normalized spacial score (nSPS) is 33.5. The lowest BCUT2D eigenvalue weighted by molar-refractivity contribution is -0.184. The number of benzene rings is 1. The van der Waals surface area contributed by atoms with Crippen LogP contribution in [0.4, 0.5) is 5.69 Å². The SMILES string of the molecule is COCC12CC[C@](COC)(CC(c3ccc(N)c(C4=CCC(C)(C)CC4)c3)C1)O2. The van der Waals surface area contributed by atoms with Gasteiger partial charge in [-0.25, -0.2) is 0 Å². The fraction of sp³-hybridized carbons (Fsp3) is 0.680. The summed E-state index contributed by atoms with van der Waals surface area (Å²) in [7, 11) is 3.55. The van der Waals surface area contributed by atoms with Gasteiger partial charge in [-0.05, 0) is 79.5 Å². The molecule has 160 valence electrons. The third-order valence-corrected chi connectivity index (χ3v) is 7.39. The Labute approximate surface area is 175 Å². The lowest BCUT2D eigenvalue weighted by Gasteiger charge is -2.44. The van der Waals surface area contributed by atoms with Gasteiger partial charge in [0, 0.05) is 25.5 Å². The molecule has 4 heteroatoms. The molecule has 4 rings (SSSR count). The van der Waals surface area contributed by atoms with E-state index in [2.05, 4.69) is 38.1 Å². The van der Waals surface area contributed by atoms with Gasteiger partial charge in [-0.1, -0.05) is 26.0 Å². The second-order valence-corrected chi connectivity index (χ2v) is 10.4. The fourth-order valence-corrected chi connectivity index (χ4v) is 5.78. The molecule has 1 aromatic carbocycles. The number of ether oxygens (including phenoxy) is 3. The van der Waals surface area contributed by atoms with Crippen LogP contribution in [0.25, 0.3) is 5.57 Å². The molecule has 29 heavy (non-hydrogen) atoms. The van der Waals surface area contributed by atoms with Crippen LogP contribution in [0.1, 0.15) is 75.8 Å². The first kappa shape index (κ1) is 20.9. The molecule has 0 aromatic heterocycles. The van der Waals surface area contributed by atoms with Crippen LogP contribution in [0.5, 0.6) is 0 Å². The number of anilines is 1. The molecule has 1 aromatic rings. The second-order valence-electron chi connectivity index (χ2n) is 10.4. The summed E-state index contributed by atoms with van der Waals surface area (Å²) in [6.07, 6.45) is 9.95. The summed E-state index contributed by atoms with van der Waals surface area (Å²) in [6, 6.07) is 6.69. The van der Waals surface area contributed by atoms with Gasteiger partial charge in [0.2, 0.25) is 0 Å². The van der Waals surface area contributed by atoms with Gasteiger partial charge in [-0.2, -0.15) is 0 Å². The van der Waals surface area contributed by atoms with E-state index in [4.69, 9.17) is 19.9 Å². The molecule has 2 unspecified atom stereocenters. The Bertz CT molecular complexity index is 764. The Morgan fingerprint density at radius 1 is 1.03 bits per heavy atom. The van der Waals surface area contributed by atoms with Gasteiger partial charge in [-0.15, -0.1) is 0 Å². The second kappa shape index (κ2) is 7.72. The molecule has 4 nitrogen and oxygen atoms in total. The van der Waals surface area contributed by atoms with Gasteiger partial charge in [0.15, 0.2) is 0 Å². The van der Waals surface area contributed by atoms with E-state index >= 15 is 0 Å². The first-order chi connectivity index (χ1) is 13.8. The molecule has 2 N–H and O–H groups in total. The van der Waals surface area contributed by atoms with Crippen LogP contribution in [0, 0.1) is 5.41 Å². The first-order valence-corrected chi connectivity index (χ1v) is 11.1. The van der Waals surface area contributed by atoms with Gasteiger partial charge in [0.1, 0.15) is 0 Å². The molecule has 2 fully saturated rings. The third kappa shape index (κ3) is 4.12. The molecule has 2 heterocycles. The van der Waals surface area contributed by atoms with Crippen LogP contribution in [0.3, 0.4) is 0 Å². The molecule has 2 saturated heterocycles. The van der Waals surface area contributed by atoms with Crippen molar-refractivity contribution in [2.75, 3.05) is 33.2 Å². The minimum Gasteiger partial charge on any atom is -0.398 e. The van der Waals surface area contributed by atoms with Crippen molar-refractivity contribution in [2.24, 2.45) is 5.41 Å². The summed E-state index contributed by atoms with van der Waals surface area (Å²) in [6.45, 7) is 6.00. The van der Waals surface area contributed by atoms with Crippen molar-refractivity contribution in [2.45, 2.75) is 75.9 Å². The lowest BCUT2D eigenvalue weighted by atomic mass is 9.75. The average Bonchev–Trinajstić information content (AvgIpc) is 2.93. The van der Waals surface area contributed by atoms with Crippen LogP contribution in [-0.2, 0) is 14.2 Å². The van der Waals surface area contributed by atoms with Crippen molar-refractivity contribution in [1.29, 1.82) is 0 Å². The van der Waals surface area contributed by atoms with Crippen molar-refractivity contribution < 1.29 is 14.2 Å². The Morgan fingerprint density at radius 2 is 1.69 bits per heavy atom. The highest BCUT2D eigenvalue weighted by molar-refractivity contribution is 5.76. The highest BCUT2D eigenvalue weighted by atomic mass is 16.6. The molecule has 0 saturated carbocycles. The van der Waals surface area contributed by atoms with E-state index < -0.39 is 0 Å². The number of fused-ring (bicyclic) bond motifs is 2. The molecule has 3 aliphatic rings. The van der Waals surface area contributed by atoms with Crippen molar-refractivity contribution in [1.82, 2.24) is 0 Å². The molecule has 3 atom stereocenters. The van der Waals surface area contributed by atoms with Crippen LogP contribution in [0.15, 0.2) is 24.3 Å². The van der Waals surface area contributed by atoms with E-state index in [1.54, 1.807) is 14.2 Å². The van der Waals surface area contributed by atoms with Crippen molar-refractivity contribution in [3.63, 3.8) is 0 Å². The number of nitrogen functional groups attached to an aromatic ring is 1. The van der Waals surface area contributed by atoms with E-state index in [1.807, 2.05) is 0 Å². The van der Waals surface area contributed by atoms with E-state index in [9.17, 15) is 0 Å². The highest BCUT2D eigenvalue weighted by Crippen LogP contribution is 2.54. The van der Waals surface area contributed by atoms with Gasteiger partial charge in [0.05, 0.1) is 24.4 Å². The van der Waals surface area contributed by atoms with Crippen LogP contribution in [0.2, 0.25) is 0 Å². The standard InChI is InChI=1S/C25H37NO3/c1-23(2)9-7-18(8-10-23)21-13-19(5-6-22(21)26)20-14-24(16-27-3)11-12-25(15-20,29-24)17-28-4/h5-7,13,20H,8-12,14-17,26H2,1-4H3/t20?,24-,25?/m1/s1. The van der Waals surface area contributed by atoms with Gasteiger partial charge in [-0.3, -0.25) is 0 Å². The largest absolute Gasteiger partial charge is 0.398 e. The van der Waals surface area contributed by atoms with E-state index in [0.717, 1.165) is 44.2 Å². The monoisotopic (exact) mass is 399 g/mol. The highest BCUT2D eigenvalue weighted by Gasteiger charge is 2.55. The molecule has 2 bridgehead atoms. The summed E-state index contributed by atoms with van der Waals surface area (Å²) >= 11 is 0. The smallest absolute Gasteiger partial charge is 0.0930 e. The molecular weight excluding hydrogens is 362 g/mol. The summed E-state index contributed by atoms with van der Waals surface area (Å²) in [5.74, 6) is 0.441. The third-order valence-electron chi connectivity index (χ3n) is 7.39. The quantitative estimate of drug-likeness (QED) is 0.658. The number of hydrogen-bond acceptors (Lipinski definition) is 4. The number of rotatable bonds is 6. The summed E-state index contributed by atoms with van der Waals surface area (Å²) < 4.78 is 17.8. The van der Waals surface area contributed by atoms with Crippen LogP contribution < -0.4 is 5.73 Å². The Kier molecular flexibility index (Phi) is 5.56. The summed E-state index contributed by atoms with van der Waals surface area (Å²) in [5, 5.41) is 0. The van der Waals surface area contributed by atoms with Crippen LogP contribution >= 0.6 is 0 Å². The minimum atomic E-state index is -0.189. The van der Waals surface area contributed by atoms with Crippen molar-refractivity contribution in [3.8, 4) is 0 Å². The number of nitrogens with two attached hydrogens (primary N) is 1. The van der Waals surface area contributed by atoms with Gasteiger partial charge in [0.25, 0.3) is 0 Å². The Morgan fingerprint density at radius 3 is 2.24 bits per heavy atom. The van der Waals surface area contributed by atoms with E-state index in [1.165, 1.54) is 23.1 Å². The maximum Gasteiger partial charge on any atom is 0.0930 e. The minimum absolute atomic E-state index is 0.189. The zero-order chi connectivity index (χ0) is 20.7. The van der Waals surface area contributed by atoms with Crippen LogP contribution in [-0.4, -0.2) is 38.6 Å². The molecule has 1 aliphatic carbocycles. The van der Waals surface area contributed by atoms with Crippen molar-refractivity contribution >= 4 is 11.3 Å². The summed E-state index contributed by atoms with van der Waals surface area (Å²) in [4.78, 5) is 0. The average molecular weight is 400 g/mol. The van der Waals surface area contributed by atoms with Gasteiger partial charge < -0.3 is 19.9 Å². The zero-order valence-electron chi connectivity index (χ0n) is 18.6. The zero-order valence-corrected chi connectivity index (χ0v) is 18.6. The Balaban J connectivity index is 1.64. The first-order valence-electron chi connectivity index (χ1n) is 11.1. The maximum absolute atomic E-state index is 6.61. The lowest BCUT2D eigenvalue weighted by Crippen LogP contribution is -2.48. The predicted octanol–water partition coefficient (Wildman–Crippen LogP) is 5.32. The molecule has 0 radical (unpaired) electrons. The summed E-state index contributed by atoms with van der Waals surface area (Å²) in [5.41, 5.74) is 11.4. The fourth-order valence-electron chi connectivity index (χ4n) is 5.78. The maximum atomic E-state index is 6.61. The molecule has 2 aliphatic heterocycles. The van der Waals surface area contributed by atoms with E-state index in [-0.39, 0.29) is 11.2 Å². The molecule has 0 amide bonds. The van der Waals surface area contributed by atoms with Gasteiger partial charge >= 0.3 is 0 Å². The molecule has 0 spiro atoms. The number of hydrogen-bond donors (Lipinski definition) is 1. The Hall–Kier alpha value is -1.36. The topological polar surface area (TPSA) is 53.7 Å².